The number of hydrogen-bond donors (Lipinski definition) is 2. The van der Waals surface area contributed by atoms with Crippen LogP contribution in [-0.2, 0) is 4.79 Å². The van der Waals surface area contributed by atoms with Gasteiger partial charge in [0, 0.05) is 30.3 Å². The SMILES string of the molecule is [NH3+][C@H](CC(=O)[O-])C(=O)c1cc[nH]c1. The quantitative estimate of drug-likeness (QED) is 0.524. The Bertz CT molecular complexity index is 305. The maximum Gasteiger partial charge on any atom is 0.221 e. The topological polar surface area (TPSA) is 101 Å². The number of aromatic nitrogens is 1. The van der Waals surface area contributed by atoms with Gasteiger partial charge in [-0.1, -0.05) is 0 Å². The van der Waals surface area contributed by atoms with Crippen molar-refractivity contribution in [1.82, 2.24) is 4.98 Å². The molecule has 0 aliphatic rings. The van der Waals surface area contributed by atoms with Crippen LogP contribution in [0.2, 0.25) is 0 Å². The van der Waals surface area contributed by atoms with Crippen LogP contribution in [0.25, 0.3) is 0 Å². The number of rotatable bonds is 4. The maximum atomic E-state index is 11.4. The van der Waals surface area contributed by atoms with Crippen LogP contribution in [0.3, 0.4) is 0 Å². The van der Waals surface area contributed by atoms with Crippen molar-refractivity contribution in [2.45, 2.75) is 12.5 Å². The summed E-state index contributed by atoms with van der Waals surface area (Å²) in [5.74, 6) is -1.55. The van der Waals surface area contributed by atoms with E-state index in [1.54, 1.807) is 12.3 Å². The number of aromatic amines is 1. The Morgan fingerprint density at radius 1 is 1.62 bits per heavy atom. The molecule has 0 radical (unpaired) electrons. The highest BCUT2D eigenvalue weighted by atomic mass is 16.4. The molecule has 1 heterocycles. The van der Waals surface area contributed by atoms with Crippen molar-refractivity contribution in [2.75, 3.05) is 0 Å². The van der Waals surface area contributed by atoms with Crippen LogP contribution >= 0.6 is 0 Å². The number of Topliss-reactive ketones (excluding diaryl/α,β-unsaturated/α-hetero) is 1. The van der Waals surface area contributed by atoms with Crippen LogP contribution in [0.5, 0.6) is 0 Å². The van der Waals surface area contributed by atoms with Crippen LogP contribution in [0.4, 0.5) is 0 Å². The zero-order valence-corrected chi connectivity index (χ0v) is 6.95. The Morgan fingerprint density at radius 2 is 2.31 bits per heavy atom. The van der Waals surface area contributed by atoms with Crippen molar-refractivity contribution in [1.29, 1.82) is 0 Å². The minimum atomic E-state index is -1.26. The molecular weight excluding hydrogens is 172 g/mol. The van der Waals surface area contributed by atoms with E-state index in [2.05, 4.69) is 10.7 Å². The zero-order valence-electron chi connectivity index (χ0n) is 6.95. The van der Waals surface area contributed by atoms with E-state index in [0.717, 1.165) is 0 Å². The van der Waals surface area contributed by atoms with E-state index in [1.807, 2.05) is 0 Å². The maximum absolute atomic E-state index is 11.4. The molecule has 0 amide bonds. The van der Waals surface area contributed by atoms with Gasteiger partial charge in [0.05, 0.1) is 0 Å². The van der Waals surface area contributed by atoms with Gasteiger partial charge in [0.2, 0.25) is 5.78 Å². The fourth-order valence-electron chi connectivity index (χ4n) is 1.01. The lowest BCUT2D eigenvalue weighted by molar-refractivity contribution is -0.404. The Morgan fingerprint density at radius 3 is 2.77 bits per heavy atom. The molecule has 1 atom stereocenters. The van der Waals surface area contributed by atoms with Gasteiger partial charge in [0.15, 0.2) is 6.04 Å². The number of carboxylic acid groups (broad SMARTS) is 1. The van der Waals surface area contributed by atoms with Gasteiger partial charge in [-0.15, -0.1) is 0 Å². The first kappa shape index (κ1) is 9.47. The lowest BCUT2D eigenvalue weighted by atomic mass is 10.1. The third-order valence-electron chi connectivity index (χ3n) is 1.67. The van der Waals surface area contributed by atoms with E-state index in [4.69, 9.17) is 0 Å². The summed E-state index contributed by atoms with van der Waals surface area (Å²) in [5, 5.41) is 10.2. The first-order chi connectivity index (χ1) is 6.11. The molecule has 0 saturated heterocycles. The van der Waals surface area contributed by atoms with Crippen molar-refractivity contribution in [3.8, 4) is 0 Å². The summed E-state index contributed by atoms with van der Waals surface area (Å²) in [6.45, 7) is 0. The van der Waals surface area contributed by atoms with Crippen molar-refractivity contribution < 1.29 is 20.4 Å². The zero-order chi connectivity index (χ0) is 9.84. The second-order valence-electron chi connectivity index (χ2n) is 2.74. The average molecular weight is 182 g/mol. The minimum Gasteiger partial charge on any atom is -0.550 e. The van der Waals surface area contributed by atoms with Crippen LogP contribution in [0, 0.1) is 0 Å². The highest BCUT2D eigenvalue weighted by molar-refractivity contribution is 6.00. The van der Waals surface area contributed by atoms with Crippen LogP contribution in [-0.4, -0.2) is 22.8 Å². The van der Waals surface area contributed by atoms with Gasteiger partial charge < -0.3 is 20.6 Å². The standard InChI is InChI=1S/C8H10N2O3/c9-6(3-7(11)12)8(13)5-1-2-10-4-5/h1-2,4,6,10H,3,9H2,(H,11,12)/t6-/m1/s1. The highest BCUT2D eigenvalue weighted by Gasteiger charge is 2.19. The normalized spacial score (nSPS) is 12.4. The number of quaternary nitrogens is 1. The molecule has 13 heavy (non-hydrogen) atoms. The number of carbonyl (C=O) groups excluding carboxylic acids is 2. The third kappa shape index (κ3) is 2.41. The largest absolute Gasteiger partial charge is 0.550 e. The van der Waals surface area contributed by atoms with E-state index < -0.39 is 12.0 Å². The van der Waals surface area contributed by atoms with Crippen molar-refractivity contribution in [2.24, 2.45) is 0 Å². The Balaban J connectivity index is 2.63. The monoisotopic (exact) mass is 182 g/mol. The fourth-order valence-corrected chi connectivity index (χ4v) is 1.01. The van der Waals surface area contributed by atoms with E-state index in [0.29, 0.717) is 5.56 Å². The van der Waals surface area contributed by atoms with E-state index in [9.17, 15) is 14.7 Å². The van der Waals surface area contributed by atoms with Gasteiger partial charge in [-0.05, 0) is 6.07 Å². The predicted octanol–water partition coefficient (Wildman–Crippen LogP) is -2.05. The van der Waals surface area contributed by atoms with Crippen molar-refractivity contribution in [3.05, 3.63) is 24.0 Å². The molecule has 0 aliphatic heterocycles. The van der Waals surface area contributed by atoms with Crippen LogP contribution < -0.4 is 10.8 Å². The second kappa shape index (κ2) is 3.86. The molecular formula is C8H10N2O3. The summed E-state index contributed by atoms with van der Waals surface area (Å²) in [6.07, 6.45) is 2.76. The van der Waals surface area contributed by atoms with Gasteiger partial charge in [0.1, 0.15) is 0 Å². The predicted molar refractivity (Wildman–Crippen MR) is 41.4 cm³/mol. The summed E-state index contributed by atoms with van der Waals surface area (Å²) in [6, 6.07) is 0.802. The molecule has 1 aromatic heterocycles. The van der Waals surface area contributed by atoms with Gasteiger partial charge >= 0.3 is 0 Å². The molecule has 0 spiro atoms. The van der Waals surface area contributed by atoms with Gasteiger partial charge in [-0.25, -0.2) is 0 Å². The Labute approximate surface area is 74.6 Å². The van der Waals surface area contributed by atoms with E-state index in [-0.39, 0.29) is 12.2 Å². The van der Waals surface area contributed by atoms with E-state index in [1.165, 1.54) is 6.20 Å². The first-order valence-corrected chi connectivity index (χ1v) is 3.81. The fraction of sp³-hybridized carbons (Fsp3) is 0.250. The molecule has 5 nitrogen and oxygen atoms in total. The lowest BCUT2D eigenvalue weighted by Crippen LogP contribution is -2.66. The molecule has 4 N–H and O–H groups in total. The van der Waals surface area contributed by atoms with Crippen LogP contribution in [0.1, 0.15) is 16.8 Å². The highest BCUT2D eigenvalue weighted by Crippen LogP contribution is 2.01. The molecule has 0 aromatic carbocycles. The molecule has 0 aliphatic carbocycles. The molecule has 1 rings (SSSR count). The number of carboxylic acids is 1. The van der Waals surface area contributed by atoms with Gasteiger partial charge in [-0.2, -0.15) is 0 Å². The number of carbonyl (C=O) groups is 2. The van der Waals surface area contributed by atoms with Crippen LogP contribution in [0.15, 0.2) is 18.5 Å². The molecule has 0 fully saturated rings. The smallest absolute Gasteiger partial charge is 0.221 e. The number of H-pyrrole nitrogens is 1. The van der Waals surface area contributed by atoms with E-state index >= 15 is 0 Å². The lowest BCUT2D eigenvalue weighted by Gasteiger charge is -2.06. The molecule has 5 heteroatoms. The first-order valence-electron chi connectivity index (χ1n) is 3.81. The number of ketones is 1. The summed E-state index contributed by atoms with van der Waals surface area (Å²) in [5.41, 5.74) is 3.90. The molecule has 0 unspecified atom stereocenters. The number of aliphatic carboxylic acids is 1. The molecule has 70 valence electrons. The van der Waals surface area contributed by atoms with Gasteiger partial charge in [-0.3, -0.25) is 4.79 Å². The second-order valence-corrected chi connectivity index (χ2v) is 2.74. The molecule has 0 saturated carbocycles. The van der Waals surface area contributed by atoms with Crippen molar-refractivity contribution in [3.63, 3.8) is 0 Å². The molecule has 0 bridgehead atoms. The Kier molecular flexibility index (Phi) is 2.81. The summed E-state index contributed by atoms with van der Waals surface area (Å²) in [7, 11) is 0. The number of hydrogen-bond acceptors (Lipinski definition) is 3. The van der Waals surface area contributed by atoms with Gasteiger partial charge in [0.25, 0.3) is 0 Å². The average Bonchev–Trinajstić information content (AvgIpc) is 2.53. The number of nitrogens with one attached hydrogen (secondary N) is 1. The summed E-state index contributed by atoms with van der Waals surface area (Å²) < 4.78 is 0. The minimum absolute atomic E-state index is 0.287. The summed E-state index contributed by atoms with van der Waals surface area (Å²) in [4.78, 5) is 24.2. The molecule has 1 aromatic rings. The summed E-state index contributed by atoms with van der Waals surface area (Å²) >= 11 is 0. The van der Waals surface area contributed by atoms with Crippen molar-refractivity contribution >= 4 is 11.8 Å². The third-order valence-corrected chi connectivity index (χ3v) is 1.67. The Hall–Kier alpha value is -1.62.